The van der Waals surface area contributed by atoms with E-state index in [9.17, 15) is 14.4 Å². The van der Waals surface area contributed by atoms with E-state index in [-0.39, 0.29) is 18.0 Å². The van der Waals surface area contributed by atoms with E-state index in [1.54, 1.807) is 36.4 Å². The van der Waals surface area contributed by atoms with Gasteiger partial charge in [-0.2, -0.15) is 5.26 Å². The fourth-order valence-electron chi connectivity index (χ4n) is 3.33. The third-order valence-corrected chi connectivity index (χ3v) is 5.84. The zero-order valence-corrected chi connectivity index (χ0v) is 20.2. The number of hydrogen-bond donors (Lipinski definition) is 1. The number of nitriles is 1. The molecule has 6 nitrogen and oxygen atoms in total. The summed E-state index contributed by atoms with van der Waals surface area (Å²) in [7, 11) is 0. The van der Waals surface area contributed by atoms with Gasteiger partial charge >= 0.3 is 0 Å². The topological polar surface area (TPSA) is 84.2 Å². The molecule has 0 unspecified atom stereocenters. The van der Waals surface area contributed by atoms with Crippen LogP contribution in [0.1, 0.15) is 18.1 Å². The van der Waals surface area contributed by atoms with Gasteiger partial charge in [0, 0.05) is 16.5 Å². The summed E-state index contributed by atoms with van der Waals surface area (Å²) in [6, 6.07) is 23.0. The first-order valence-corrected chi connectivity index (χ1v) is 12.0. The Labute approximate surface area is 212 Å². The van der Waals surface area contributed by atoms with Crippen molar-refractivity contribution in [3.05, 3.63) is 101 Å². The molecule has 8 heteroatoms. The molecular formula is C28H22FN3O3S. The number of amides is 1. The van der Waals surface area contributed by atoms with Gasteiger partial charge < -0.3 is 9.47 Å². The number of halogens is 1. The average Bonchev–Trinajstić information content (AvgIpc) is 3.36. The summed E-state index contributed by atoms with van der Waals surface area (Å²) < 4.78 is 25.4. The SMILES string of the molecule is CCOc1cc(/C=C(/C#N)C(=O)Nc2nc(-c3ccccc3)cs2)ccc1OCc1ccccc1F. The molecule has 0 spiro atoms. The Kier molecular flexibility index (Phi) is 8.06. The summed E-state index contributed by atoms with van der Waals surface area (Å²) in [5.41, 5.74) is 2.59. The fourth-order valence-corrected chi connectivity index (χ4v) is 4.04. The Morgan fingerprint density at radius 2 is 1.86 bits per heavy atom. The molecule has 0 atom stereocenters. The minimum Gasteiger partial charge on any atom is -0.490 e. The number of rotatable bonds is 9. The molecule has 3 aromatic carbocycles. The first-order valence-electron chi connectivity index (χ1n) is 11.1. The van der Waals surface area contributed by atoms with Crippen LogP contribution in [0.4, 0.5) is 9.52 Å². The summed E-state index contributed by atoms with van der Waals surface area (Å²) in [5.74, 6) is -0.0655. The van der Waals surface area contributed by atoms with Crippen LogP contribution in [-0.4, -0.2) is 17.5 Å². The number of benzene rings is 3. The lowest BCUT2D eigenvalue weighted by Gasteiger charge is -2.13. The van der Waals surface area contributed by atoms with Gasteiger partial charge in [0.2, 0.25) is 0 Å². The van der Waals surface area contributed by atoms with Gasteiger partial charge in [-0.25, -0.2) is 9.37 Å². The van der Waals surface area contributed by atoms with Crippen LogP contribution >= 0.6 is 11.3 Å². The summed E-state index contributed by atoms with van der Waals surface area (Å²) >= 11 is 1.28. The summed E-state index contributed by atoms with van der Waals surface area (Å²) in [6.45, 7) is 2.24. The number of nitrogens with one attached hydrogen (secondary N) is 1. The van der Waals surface area contributed by atoms with Crippen LogP contribution in [0.5, 0.6) is 11.5 Å². The van der Waals surface area contributed by atoms with E-state index in [0.29, 0.717) is 34.4 Å². The van der Waals surface area contributed by atoms with E-state index in [1.165, 1.54) is 23.5 Å². The van der Waals surface area contributed by atoms with Crippen LogP contribution in [-0.2, 0) is 11.4 Å². The maximum atomic E-state index is 13.9. The lowest BCUT2D eigenvalue weighted by Crippen LogP contribution is -2.13. The van der Waals surface area contributed by atoms with Gasteiger partial charge in [-0.1, -0.05) is 54.6 Å². The van der Waals surface area contributed by atoms with Gasteiger partial charge in [-0.05, 0) is 36.8 Å². The molecule has 0 aliphatic rings. The molecule has 1 aromatic heterocycles. The second kappa shape index (κ2) is 11.8. The van der Waals surface area contributed by atoms with Crippen LogP contribution in [0.15, 0.2) is 83.7 Å². The molecule has 180 valence electrons. The Hall–Kier alpha value is -4.48. The van der Waals surface area contributed by atoms with E-state index in [1.807, 2.05) is 48.7 Å². The lowest BCUT2D eigenvalue weighted by atomic mass is 10.1. The highest BCUT2D eigenvalue weighted by Gasteiger charge is 2.14. The monoisotopic (exact) mass is 499 g/mol. The van der Waals surface area contributed by atoms with E-state index in [0.717, 1.165) is 11.3 Å². The Bertz CT molecular complexity index is 1430. The first kappa shape index (κ1) is 24.6. The number of carbonyl (C=O) groups excluding carboxylic acids is 1. The van der Waals surface area contributed by atoms with Gasteiger partial charge in [0.1, 0.15) is 24.1 Å². The van der Waals surface area contributed by atoms with Gasteiger partial charge in [0.05, 0.1) is 12.3 Å². The number of thiazole rings is 1. The molecule has 0 fully saturated rings. The highest BCUT2D eigenvalue weighted by Crippen LogP contribution is 2.31. The molecule has 0 bridgehead atoms. The molecule has 1 amide bonds. The molecule has 4 rings (SSSR count). The highest BCUT2D eigenvalue weighted by molar-refractivity contribution is 7.14. The van der Waals surface area contributed by atoms with E-state index >= 15 is 0 Å². The predicted octanol–water partition coefficient (Wildman–Crippen LogP) is 6.47. The number of hydrogen-bond acceptors (Lipinski definition) is 6. The normalized spacial score (nSPS) is 11.0. The molecule has 1 heterocycles. The van der Waals surface area contributed by atoms with E-state index in [2.05, 4.69) is 10.3 Å². The molecule has 0 radical (unpaired) electrons. The molecule has 0 aliphatic heterocycles. The van der Waals surface area contributed by atoms with Crippen molar-refractivity contribution in [2.75, 3.05) is 11.9 Å². The Balaban J connectivity index is 1.49. The maximum Gasteiger partial charge on any atom is 0.268 e. The first-order chi connectivity index (χ1) is 17.6. The van der Waals surface area contributed by atoms with Crippen molar-refractivity contribution in [3.8, 4) is 28.8 Å². The van der Waals surface area contributed by atoms with Crippen molar-refractivity contribution < 1.29 is 18.7 Å². The Morgan fingerprint density at radius 3 is 2.61 bits per heavy atom. The van der Waals surface area contributed by atoms with Crippen LogP contribution in [0.3, 0.4) is 0 Å². The van der Waals surface area contributed by atoms with Crippen molar-refractivity contribution >= 4 is 28.5 Å². The van der Waals surface area contributed by atoms with Gasteiger partial charge in [-0.3, -0.25) is 10.1 Å². The fraction of sp³-hybridized carbons (Fsp3) is 0.107. The molecule has 0 saturated carbocycles. The summed E-state index contributed by atoms with van der Waals surface area (Å²) in [6.07, 6.45) is 1.46. The van der Waals surface area contributed by atoms with Crippen LogP contribution in [0.2, 0.25) is 0 Å². The average molecular weight is 500 g/mol. The van der Waals surface area contributed by atoms with Gasteiger partial charge in [-0.15, -0.1) is 11.3 Å². The maximum absolute atomic E-state index is 13.9. The largest absolute Gasteiger partial charge is 0.490 e. The van der Waals surface area contributed by atoms with Crippen LogP contribution in [0, 0.1) is 17.1 Å². The highest BCUT2D eigenvalue weighted by atomic mass is 32.1. The van der Waals surface area contributed by atoms with Crippen LogP contribution < -0.4 is 14.8 Å². The van der Waals surface area contributed by atoms with E-state index in [4.69, 9.17) is 9.47 Å². The predicted molar refractivity (Wildman–Crippen MR) is 138 cm³/mol. The van der Waals surface area contributed by atoms with Gasteiger partial charge in [0.25, 0.3) is 5.91 Å². The van der Waals surface area contributed by atoms with Crippen molar-refractivity contribution in [1.82, 2.24) is 4.98 Å². The molecule has 0 saturated heterocycles. The minimum absolute atomic E-state index is 0.0343. The Morgan fingerprint density at radius 1 is 1.08 bits per heavy atom. The van der Waals surface area contributed by atoms with Crippen molar-refractivity contribution in [1.29, 1.82) is 5.26 Å². The van der Waals surface area contributed by atoms with E-state index < -0.39 is 5.91 Å². The second-order valence-corrected chi connectivity index (χ2v) is 8.41. The van der Waals surface area contributed by atoms with Crippen molar-refractivity contribution in [2.45, 2.75) is 13.5 Å². The zero-order valence-electron chi connectivity index (χ0n) is 19.4. The minimum atomic E-state index is -0.565. The molecule has 36 heavy (non-hydrogen) atoms. The standard InChI is InChI=1S/C28H22FN3O3S/c1-2-34-26-15-19(12-13-25(26)35-17-21-10-6-7-11-23(21)29)14-22(16-30)27(33)32-28-31-24(18-36-28)20-8-4-3-5-9-20/h3-15,18H,2,17H2,1H3,(H,31,32,33)/b22-14-. The molecule has 0 aliphatic carbocycles. The van der Waals surface area contributed by atoms with Crippen LogP contribution in [0.25, 0.3) is 17.3 Å². The summed E-state index contributed by atoms with van der Waals surface area (Å²) in [5, 5.41) is 14.5. The van der Waals surface area contributed by atoms with Crippen molar-refractivity contribution in [3.63, 3.8) is 0 Å². The number of carbonyl (C=O) groups is 1. The quantitative estimate of drug-likeness (QED) is 0.211. The third-order valence-electron chi connectivity index (χ3n) is 5.08. The smallest absolute Gasteiger partial charge is 0.268 e. The van der Waals surface area contributed by atoms with Crippen molar-refractivity contribution in [2.24, 2.45) is 0 Å². The number of anilines is 1. The number of aromatic nitrogens is 1. The summed E-state index contributed by atoms with van der Waals surface area (Å²) in [4.78, 5) is 17.2. The molecule has 4 aromatic rings. The molecule has 1 N–H and O–H groups in total. The number of ether oxygens (including phenoxy) is 2. The second-order valence-electron chi connectivity index (χ2n) is 7.55. The zero-order chi connectivity index (χ0) is 25.3. The third kappa shape index (κ3) is 6.14. The van der Waals surface area contributed by atoms with Gasteiger partial charge in [0.15, 0.2) is 16.6 Å². The molecular weight excluding hydrogens is 477 g/mol. The lowest BCUT2D eigenvalue weighted by molar-refractivity contribution is -0.112. The number of nitrogens with zero attached hydrogens (tertiary/aromatic N) is 2.